The topological polar surface area (TPSA) is 29.9 Å². The van der Waals surface area contributed by atoms with Crippen LogP contribution in [0.1, 0.15) is 37.4 Å². The van der Waals surface area contributed by atoms with Crippen LogP contribution in [0.4, 0.5) is 4.39 Å². The Labute approximate surface area is 123 Å². The molecule has 1 aromatic heterocycles. The van der Waals surface area contributed by atoms with Crippen molar-refractivity contribution in [3.05, 3.63) is 52.6 Å². The van der Waals surface area contributed by atoms with Crippen LogP contribution < -0.4 is 5.32 Å². The van der Waals surface area contributed by atoms with Gasteiger partial charge in [-0.05, 0) is 32.0 Å². The third-order valence-electron chi connectivity index (χ3n) is 3.24. The maximum absolute atomic E-state index is 13.7. The van der Waals surface area contributed by atoms with Gasteiger partial charge in [-0.3, -0.25) is 4.68 Å². The fourth-order valence-corrected chi connectivity index (χ4v) is 2.24. The lowest BCUT2D eigenvalue weighted by Crippen LogP contribution is -2.18. The fraction of sp³-hybridized carbons (Fsp3) is 0.400. The second-order valence-corrected chi connectivity index (χ2v) is 5.25. The van der Waals surface area contributed by atoms with Gasteiger partial charge >= 0.3 is 0 Å². The lowest BCUT2D eigenvalue weighted by atomic mass is 10.2. The maximum Gasteiger partial charge on any atom is 0.129 e. The van der Waals surface area contributed by atoms with Crippen LogP contribution in [0.5, 0.6) is 0 Å². The summed E-state index contributed by atoms with van der Waals surface area (Å²) in [5, 5.41) is 8.10. The highest BCUT2D eigenvalue weighted by Crippen LogP contribution is 2.20. The maximum atomic E-state index is 13.7. The number of rotatable bonds is 6. The molecule has 1 unspecified atom stereocenters. The van der Waals surface area contributed by atoms with Crippen LogP contribution in [-0.2, 0) is 6.54 Å². The second kappa shape index (κ2) is 6.86. The van der Waals surface area contributed by atoms with E-state index < -0.39 is 0 Å². The van der Waals surface area contributed by atoms with Crippen LogP contribution in [0.15, 0.2) is 30.6 Å². The molecule has 0 spiro atoms. The first-order valence-electron chi connectivity index (χ1n) is 6.80. The Bertz CT molecular complexity index is 548. The fourth-order valence-electron chi connectivity index (χ4n) is 2.01. The summed E-state index contributed by atoms with van der Waals surface area (Å²) < 4.78 is 15.4. The van der Waals surface area contributed by atoms with Gasteiger partial charge in [0.05, 0.1) is 12.7 Å². The number of aromatic nitrogens is 2. The number of halogens is 2. The molecule has 0 radical (unpaired) electrons. The number of hydrogen-bond acceptors (Lipinski definition) is 2. The van der Waals surface area contributed by atoms with E-state index in [0.717, 1.165) is 18.5 Å². The van der Waals surface area contributed by atoms with E-state index in [1.807, 2.05) is 12.4 Å². The van der Waals surface area contributed by atoms with Gasteiger partial charge < -0.3 is 5.32 Å². The molecule has 2 rings (SSSR count). The molecule has 1 heterocycles. The predicted octanol–water partition coefficient (Wildman–Crippen LogP) is 3.78. The van der Waals surface area contributed by atoms with Gasteiger partial charge in [0.25, 0.3) is 0 Å². The van der Waals surface area contributed by atoms with Crippen LogP contribution in [-0.4, -0.2) is 16.3 Å². The molecule has 20 heavy (non-hydrogen) atoms. The Morgan fingerprint density at radius 1 is 1.45 bits per heavy atom. The average Bonchev–Trinajstić information content (AvgIpc) is 2.89. The number of nitrogens with one attached hydrogen (secondary N) is 1. The second-order valence-electron chi connectivity index (χ2n) is 4.85. The van der Waals surface area contributed by atoms with Gasteiger partial charge in [-0.15, -0.1) is 0 Å². The van der Waals surface area contributed by atoms with Gasteiger partial charge in [-0.1, -0.05) is 24.6 Å². The van der Waals surface area contributed by atoms with Crippen molar-refractivity contribution in [3.8, 4) is 0 Å². The monoisotopic (exact) mass is 295 g/mol. The largest absolute Gasteiger partial charge is 0.310 e. The molecule has 0 aliphatic rings. The SMILES string of the molecule is CCCNC(C)c1cnn(Cc2c(F)cccc2Cl)c1. The average molecular weight is 296 g/mol. The summed E-state index contributed by atoms with van der Waals surface area (Å²) in [5.74, 6) is -0.299. The highest BCUT2D eigenvalue weighted by molar-refractivity contribution is 6.31. The summed E-state index contributed by atoms with van der Waals surface area (Å²) in [7, 11) is 0. The lowest BCUT2D eigenvalue weighted by Gasteiger charge is -2.10. The Morgan fingerprint density at radius 2 is 2.25 bits per heavy atom. The molecule has 1 atom stereocenters. The van der Waals surface area contributed by atoms with Crippen molar-refractivity contribution in [2.24, 2.45) is 0 Å². The molecular weight excluding hydrogens is 277 g/mol. The van der Waals surface area contributed by atoms with E-state index in [2.05, 4.69) is 24.3 Å². The molecule has 0 saturated carbocycles. The first-order valence-corrected chi connectivity index (χ1v) is 7.18. The van der Waals surface area contributed by atoms with Crippen molar-refractivity contribution in [2.75, 3.05) is 6.54 Å². The summed E-state index contributed by atoms with van der Waals surface area (Å²) in [6.07, 6.45) is 4.82. The summed E-state index contributed by atoms with van der Waals surface area (Å²) in [6, 6.07) is 4.94. The Morgan fingerprint density at radius 3 is 2.95 bits per heavy atom. The van der Waals surface area contributed by atoms with Crippen molar-refractivity contribution >= 4 is 11.6 Å². The molecule has 3 nitrogen and oxygen atoms in total. The molecule has 0 fully saturated rings. The smallest absolute Gasteiger partial charge is 0.129 e. The molecule has 5 heteroatoms. The molecule has 1 N–H and O–H groups in total. The molecular formula is C15H19ClFN3. The number of hydrogen-bond donors (Lipinski definition) is 1. The van der Waals surface area contributed by atoms with E-state index in [1.165, 1.54) is 6.07 Å². The van der Waals surface area contributed by atoms with Crippen LogP contribution in [0.3, 0.4) is 0 Å². The molecule has 2 aromatic rings. The van der Waals surface area contributed by atoms with E-state index in [0.29, 0.717) is 17.1 Å². The summed E-state index contributed by atoms with van der Waals surface area (Å²) in [6.45, 7) is 5.52. The molecule has 0 bridgehead atoms. The molecule has 1 aromatic carbocycles. The Kier molecular flexibility index (Phi) is 5.15. The Hall–Kier alpha value is -1.39. The van der Waals surface area contributed by atoms with Crippen molar-refractivity contribution in [1.82, 2.24) is 15.1 Å². The minimum atomic E-state index is -0.299. The highest BCUT2D eigenvalue weighted by atomic mass is 35.5. The first kappa shape index (κ1) is 15.0. The normalized spacial score (nSPS) is 12.6. The van der Waals surface area contributed by atoms with Crippen molar-refractivity contribution < 1.29 is 4.39 Å². The molecule has 0 aliphatic carbocycles. The van der Waals surface area contributed by atoms with E-state index >= 15 is 0 Å². The van der Waals surface area contributed by atoms with Gasteiger partial charge in [-0.25, -0.2) is 4.39 Å². The quantitative estimate of drug-likeness (QED) is 0.879. The summed E-state index contributed by atoms with van der Waals surface area (Å²) >= 11 is 6.02. The standard InChI is InChI=1S/C15H19ClFN3/c1-3-7-18-11(2)12-8-19-20(9-12)10-13-14(16)5-4-6-15(13)17/h4-6,8-9,11,18H,3,7,10H2,1-2H3. The summed E-state index contributed by atoms with van der Waals surface area (Å²) in [4.78, 5) is 0. The minimum Gasteiger partial charge on any atom is -0.310 e. The van der Waals surface area contributed by atoms with Gasteiger partial charge in [0.1, 0.15) is 5.82 Å². The van der Waals surface area contributed by atoms with Gasteiger partial charge in [0.15, 0.2) is 0 Å². The minimum absolute atomic E-state index is 0.236. The van der Waals surface area contributed by atoms with Gasteiger partial charge in [0, 0.05) is 28.4 Å². The van der Waals surface area contributed by atoms with E-state index in [-0.39, 0.29) is 11.9 Å². The first-order chi connectivity index (χ1) is 9.61. The van der Waals surface area contributed by atoms with Gasteiger partial charge in [-0.2, -0.15) is 5.10 Å². The molecule has 108 valence electrons. The highest BCUT2D eigenvalue weighted by Gasteiger charge is 2.10. The van der Waals surface area contributed by atoms with E-state index in [4.69, 9.17) is 11.6 Å². The zero-order chi connectivity index (χ0) is 14.5. The van der Waals surface area contributed by atoms with Crippen LogP contribution in [0, 0.1) is 5.82 Å². The summed E-state index contributed by atoms with van der Waals surface area (Å²) in [5.41, 5.74) is 1.56. The van der Waals surface area contributed by atoms with Crippen LogP contribution in [0.25, 0.3) is 0 Å². The van der Waals surface area contributed by atoms with Crippen molar-refractivity contribution in [3.63, 3.8) is 0 Å². The predicted molar refractivity (Wildman–Crippen MR) is 79.4 cm³/mol. The van der Waals surface area contributed by atoms with E-state index in [9.17, 15) is 4.39 Å². The molecule has 0 saturated heterocycles. The van der Waals surface area contributed by atoms with Crippen molar-refractivity contribution in [1.29, 1.82) is 0 Å². The van der Waals surface area contributed by atoms with Crippen LogP contribution >= 0.6 is 11.6 Å². The van der Waals surface area contributed by atoms with Crippen LogP contribution in [0.2, 0.25) is 5.02 Å². The lowest BCUT2D eigenvalue weighted by molar-refractivity contribution is 0.567. The number of benzene rings is 1. The Balaban J connectivity index is 2.10. The third-order valence-corrected chi connectivity index (χ3v) is 3.59. The molecule has 0 aliphatic heterocycles. The third kappa shape index (κ3) is 3.58. The zero-order valence-corrected chi connectivity index (χ0v) is 12.5. The van der Waals surface area contributed by atoms with E-state index in [1.54, 1.807) is 16.8 Å². The molecule has 0 amide bonds. The zero-order valence-electron chi connectivity index (χ0n) is 11.7. The number of nitrogens with zero attached hydrogens (tertiary/aromatic N) is 2. The van der Waals surface area contributed by atoms with Gasteiger partial charge in [0.2, 0.25) is 0 Å². The van der Waals surface area contributed by atoms with Crippen molar-refractivity contribution in [2.45, 2.75) is 32.9 Å².